The van der Waals surface area contributed by atoms with Crippen LogP contribution in [0.1, 0.15) is 6.42 Å². The zero-order chi connectivity index (χ0) is 5.82. The van der Waals surface area contributed by atoms with Gasteiger partial charge in [0.1, 0.15) is 0 Å². The van der Waals surface area contributed by atoms with Crippen LogP contribution in [0.2, 0.25) is 0 Å². The molecule has 1 fully saturated rings. The third-order valence-electron chi connectivity index (χ3n) is 0.984. The highest BCUT2D eigenvalue weighted by molar-refractivity contribution is 5.75. The fourth-order valence-electron chi connectivity index (χ4n) is 0.575. The van der Waals surface area contributed by atoms with Crippen LogP contribution in [0.25, 0.3) is 0 Å². The number of carbonyl (C=O) groups excluding carboxylic acids is 1. The summed E-state index contributed by atoms with van der Waals surface area (Å²) in [5.41, 5.74) is 0. The first-order valence-electron chi connectivity index (χ1n) is 2.67. The lowest BCUT2D eigenvalue weighted by atomic mass is 10.4. The number of nitrogens with zero attached hydrogens (tertiary/aromatic N) is 1. The molecule has 0 bridgehead atoms. The average molecular weight is 114 g/mol. The standard InChI is InChI=1S/C5H8NO2/c7-5-1-3-8-4-2-6-5/h1-4H2. The molecule has 3 heteroatoms. The lowest BCUT2D eigenvalue weighted by Gasteiger charge is -1.89. The van der Waals surface area contributed by atoms with Crippen LogP contribution in [-0.2, 0) is 9.53 Å². The lowest BCUT2D eigenvalue weighted by molar-refractivity contribution is -0.121. The maximum absolute atomic E-state index is 10.4. The summed E-state index contributed by atoms with van der Waals surface area (Å²) in [5, 5.41) is 3.66. The lowest BCUT2D eigenvalue weighted by Crippen LogP contribution is -2.14. The third kappa shape index (κ3) is 1.50. The Morgan fingerprint density at radius 3 is 3.25 bits per heavy atom. The minimum absolute atomic E-state index is 0.0255. The second kappa shape index (κ2) is 2.67. The van der Waals surface area contributed by atoms with E-state index in [4.69, 9.17) is 4.74 Å². The Kier molecular flexibility index (Phi) is 1.86. The maximum atomic E-state index is 10.4. The van der Waals surface area contributed by atoms with E-state index < -0.39 is 0 Å². The Morgan fingerprint density at radius 1 is 1.50 bits per heavy atom. The van der Waals surface area contributed by atoms with Gasteiger partial charge in [0.25, 0.3) is 0 Å². The number of ether oxygens (including phenoxy) is 1. The summed E-state index contributed by atoms with van der Waals surface area (Å²) in [4.78, 5) is 10.4. The topological polar surface area (TPSA) is 40.4 Å². The number of hydrogen-bond donors (Lipinski definition) is 0. The molecule has 1 heterocycles. The molecule has 0 aliphatic carbocycles. The number of amides is 1. The Labute approximate surface area is 48.0 Å². The van der Waals surface area contributed by atoms with Gasteiger partial charge in [-0.1, -0.05) is 0 Å². The van der Waals surface area contributed by atoms with E-state index in [1.807, 2.05) is 0 Å². The summed E-state index contributed by atoms with van der Waals surface area (Å²) < 4.78 is 4.95. The van der Waals surface area contributed by atoms with Crippen molar-refractivity contribution in [2.24, 2.45) is 0 Å². The molecule has 0 aromatic rings. The van der Waals surface area contributed by atoms with Crippen molar-refractivity contribution in [2.75, 3.05) is 19.8 Å². The van der Waals surface area contributed by atoms with Gasteiger partial charge in [-0.25, -0.2) is 5.32 Å². The second-order valence-corrected chi connectivity index (χ2v) is 1.64. The third-order valence-corrected chi connectivity index (χ3v) is 0.984. The van der Waals surface area contributed by atoms with E-state index in [2.05, 4.69) is 5.32 Å². The molecule has 1 rings (SSSR count). The molecule has 0 spiro atoms. The molecule has 8 heavy (non-hydrogen) atoms. The number of rotatable bonds is 0. The summed E-state index contributed by atoms with van der Waals surface area (Å²) in [5.74, 6) is -0.0255. The van der Waals surface area contributed by atoms with Gasteiger partial charge in [0, 0.05) is 0 Å². The summed E-state index contributed by atoms with van der Waals surface area (Å²) in [7, 11) is 0. The van der Waals surface area contributed by atoms with Crippen LogP contribution in [0.15, 0.2) is 0 Å². The summed E-state index contributed by atoms with van der Waals surface area (Å²) in [6, 6.07) is 0. The van der Waals surface area contributed by atoms with Crippen molar-refractivity contribution >= 4 is 5.91 Å². The van der Waals surface area contributed by atoms with Gasteiger partial charge in [0.05, 0.1) is 26.2 Å². The molecule has 0 N–H and O–H groups in total. The van der Waals surface area contributed by atoms with Gasteiger partial charge in [0.15, 0.2) is 0 Å². The molecule has 45 valence electrons. The molecule has 1 aliphatic heterocycles. The van der Waals surface area contributed by atoms with Crippen LogP contribution >= 0.6 is 0 Å². The Balaban J connectivity index is 2.27. The van der Waals surface area contributed by atoms with Gasteiger partial charge >= 0.3 is 0 Å². The molecule has 0 atom stereocenters. The molecule has 0 unspecified atom stereocenters. The van der Waals surface area contributed by atoms with Gasteiger partial charge in [-0.15, -0.1) is 0 Å². The predicted molar refractivity (Wildman–Crippen MR) is 27.4 cm³/mol. The van der Waals surface area contributed by atoms with Crippen molar-refractivity contribution in [3.8, 4) is 0 Å². The van der Waals surface area contributed by atoms with E-state index in [1.165, 1.54) is 0 Å². The van der Waals surface area contributed by atoms with E-state index in [0.717, 1.165) is 0 Å². The van der Waals surface area contributed by atoms with Crippen molar-refractivity contribution in [1.82, 2.24) is 5.32 Å². The fraction of sp³-hybridized carbons (Fsp3) is 0.800. The highest BCUT2D eigenvalue weighted by atomic mass is 16.5. The van der Waals surface area contributed by atoms with Crippen LogP contribution in [0.3, 0.4) is 0 Å². The van der Waals surface area contributed by atoms with Crippen molar-refractivity contribution in [3.05, 3.63) is 0 Å². The molecule has 3 nitrogen and oxygen atoms in total. The molecule has 0 aromatic carbocycles. The van der Waals surface area contributed by atoms with E-state index in [1.54, 1.807) is 0 Å². The van der Waals surface area contributed by atoms with Crippen molar-refractivity contribution in [2.45, 2.75) is 6.42 Å². The first-order valence-corrected chi connectivity index (χ1v) is 2.67. The number of hydrogen-bond acceptors (Lipinski definition) is 2. The molecular formula is C5H8NO2. The molecule has 0 aromatic heterocycles. The number of carbonyl (C=O) groups is 1. The smallest absolute Gasteiger partial charge is 0.243 e. The van der Waals surface area contributed by atoms with Crippen LogP contribution in [0.4, 0.5) is 0 Å². The minimum atomic E-state index is -0.0255. The highest BCUT2D eigenvalue weighted by Gasteiger charge is 2.05. The summed E-state index contributed by atoms with van der Waals surface area (Å²) >= 11 is 0. The summed E-state index contributed by atoms with van der Waals surface area (Å²) in [6.45, 7) is 1.69. The van der Waals surface area contributed by atoms with E-state index in [9.17, 15) is 4.79 Å². The molecule has 1 saturated heterocycles. The Hall–Kier alpha value is -0.570. The largest absolute Gasteiger partial charge is 0.379 e. The fourth-order valence-corrected chi connectivity index (χ4v) is 0.575. The maximum Gasteiger partial charge on any atom is 0.243 e. The normalized spacial score (nSPS) is 21.8. The van der Waals surface area contributed by atoms with Crippen molar-refractivity contribution < 1.29 is 9.53 Å². The molecule has 1 aliphatic rings. The van der Waals surface area contributed by atoms with Crippen molar-refractivity contribution in [1.29, 1.82) is 0 Å². The van der Waals surface area contributed by atoms with Gasteiger partial charge in [-0.05, 0) is 0 Å². The predicted octanol–water partition coefficient (Wildman–Crippen LogP) is -0.462. The second-order valence-electron chi connectivity index (χ2n) is 1.64. The van der Waals surface area contributed by atoms with Gasteiger partial charge in [-0.3, -0.25) is 4.79 Å². The summed E-state index contributed by atoms with van der Waals surface area (Å²) in [6.07, 6.45) is 0.458. The van der Waals surface area contributed by atoms with E-state index in [-0.39, 0.29) is 5.91 Å². The van der Waals surface area contributed by atoms with E-state index >= 15 is 0 Å². The molecule has 1 amide bonds. The Bertz CT molecular complexity index is 82.4. The SMILES string of the molecule is O=C1CCOCC[N]1. The Morgan fingerprint density at radius 2 is 2.38 bits per heavy atom. The molecular weight excluding hydrogens is 106 g/mol. The van der Waals surface area contributed by atoms with Gasteiger partial charge < -0.3 is 4.74 Å². The quantitative estimate of drug-likeness (QED) is 0.427. The zero-order valence-electron chi connectivity index (χ0n) is 4.59. The van der Waals surface area contributed by atoms with E-state index in [0.29, 0.717) is 26.2 Å². The van der Waals surface area contributed by atoms with Gasteiger partial charge in [0.2, 0.25) is 5.91 Å². The van der Waals surface area contributed by atoms with Crippen LogP contribution in [0.5, 0.6) is 0 Å². The first kappa shape index (κ1) is 5.56. The van der Waals surface area contributed by atoms with Gasteiger partial charge in [-0.2, -0.15) is 0 Å². The monoisotopic (exact) mass is 114 g/mol. The molecule has 0 saturated carbocycles. The minimum Gasteiger partial charge on any atom is -0.379 e. The average Bonchev–Trinajstić information content (AvgIpc) is 1.94. The first-order chi connectivity index (χ1) is 3.89. The zero-order valence-corrected chi connectivity index (χ0v) is 4.59. The van der Waals surface area contributed by atoms with Crippen LogP contribution in [0, 0.1) is 0 Å². The van der Waals surface area contributed by atoms with Crippen LogP contribution in [-0.4, -0.2) is 25.7 Å². The molecule has 1 radical (unpaired) electrons. The van der Waals surface area contributed by atoms with Crippen molar-refractivity contribution in [3.63, 3.8) is 0 Å². The van der Waals surface area contributed by atoms with Crippen LogP contribution < -0.4 is 5.32 Å². The highest BCUT2D eigenvalue weighted by Crippen LogP contribution is 1.88.